The highest BCUT2D eigenvalue weighted by molar-refractivity contribution is 6.06. The van der Waals surface area contributed by atoms with E-state index in [4.69, 9.17) is 4.98 Å². The number of nitrogens with one attached hydrogen (secondary N) is 1. The summed E-state index contributed by atoms with van der Waals surface area (Å²) in [5.41, 5.74) is 9.93. The Morgan fingerprint density at radius 2 is 1.50 bits per heavy atom. The fourth-order valence-corrected chi connectivity index (χ4v) is 6.12. The van der Waals surface area contributed by atoms with E-state index in [-0.39, 0.29) is 6.04 Å². The van der Waals surface area contributed by atoms with Gasteiger partial charge >= 0.3 is 0 Å². The van der Waals surface area contributed by atoms with E-state index in [1.807, 2.05) is 36.9 Å². The number of aromatic nitrogens is 4. The fourth-order valence-electron chi connectivity index (χ4n) is 6.12. The van der Waals surface area contributed by atoms with Crippen LogP contribution in [0.15, 0.2) is 134 Å². The van der Waals surface area contributed by atoms with Gasteiger partial charge in [0.05, 0.1) is 22.6 Å². The van der Waals surface area contributed by atoms with Crippen molar-refractivity contribution in [1.29, 1.82) is 0 Å². The van der Waals surface area contributed by atoms with E-state index in [9.17, 15) is 0 Å². The van der Waals surface area contributed by atoms with Crippen LogP contribution in [0, 0.1) is 6.92 Å². The van der Waals surface area contributed by atoms with Gasteiger partial charge in [-0.1, -0.05) is 60.7 Å². The quantitative estimate of drug-likeness (QED) is 0.244. The van der Waals surface area contributed by atoms with E-state index in [0.29, 0.717) is 0 Å². The van der Waals surface area contributed by atoms with Crippen LogP contribution in [0.25, 0.3) is 49.8 Å². The standard InChI is InChI=1S/C37H27N5/c1-24-14-16-29(30-10-3-2-9-28(24)30)27-20-32(25-8-6-18-38-22-25)41-33(21-27)26-15-17-36(40-23-26)42-34-12-5-4-11-31(34)37-35(42)13-7-19-39-37/h2-23,32,41H,1H3. The molecule has 5 nitrogen and oxygen atoms in total. The van der Waals surface area contributed by atoms with Crippen molar-refractivity contribution < 1.29 is 0 Å². The summed E-state index contributed by atoms with van der Waals surface area (Å²) in [6, 6.07) is 33.8. The van der Waals surface area contributed by atoms with E-state index in [1.54, 1.807) is 0 Å². The number of fused-ring (bicyclic) bond motifs is 4. The Morgan fingerprint density at radius 1 is 0.690 bits per heavy atom. The van der Waals surface area contributed by atoms with Crippen LogP contribution in [0.5, 0.6) is 0 Å². The van der Waals surface area contributed by atoms with Gasteiger partial charge in [0.15, 0.2) is 0 Å². The Morgan fingerprint density at radius 3 is 2.33 bits per heavy atom. The highest BCUT2D eigenvalue weighted by Crippen LogP contribution is 2.36. The Hall–Kier alpha value is -5.55. The first kappa shape index (κ1) is 24.3. The van der Waals surface area contributed by atoms with Crippen molar-refractivity contribution in [1.82, 2.24) is 24.8 Å². The monoisotopic (exact) mass is 541 g/mol. The topological polar surface area (TPSA) is 55.6 Å². The number of aryl methyl sites for hydroxylation is 1. The third kappa shape index (κ3) is 3.98. The molecule has 0 spiro atoms. The molecule has 5 heteroatoms. The van der Waals surface area contributed by atoms with Crippen molar-refractivity contribution >= 4 is 44.0 Å². The summed E-state index contributed by atoms with van der Waals surface area (Å²) >= 11 is 0. The Bertz CT molecular complexity index is 2120. The lowest BCUT2D eigenvalue weighted by molar-refractivity contribution is 0.761. The third-order valence-electron chi connectivity index (χ3n) is 8.17. The third-order valence-corrected chi connectivity index (χ3v) is 8.17. The van der Waals surface area contributed by atoms with Gasteiger partial charge in [0.1, 0.15) is 5.82 Å². The molecule has 0 radical (unpaired) electrons. The normalized spacial score (nSPS) is 15.0. The van der Waals surface area contributed by atoms with Gasteiger partial charge in [-0.3, -0.25) is 14.5 Å². The second kappa shape index (κ2) is 9.82. The predicted molar refractivity (Wildman–Crippen MR) is 171 cm³/mol. The van der Waals surface area contributed by atoms with Crippen LogP contribution in [0.3, 0.4) is 0 Å². The molecule has 0 saturated heterocycles. The zero-order valence-electron chi connectivity index (χ0n) is 23.1. The average molecular weight is 542 g/mol. The first-order chi connectivity index (χ1) is 20.7. The number of rotatable bonds is 4. The number of hydrogen-bond acceptors (Lipinski definition) is 4. The van der Waals surface area contributed by atoms with Crippen molar-refractivity contribution in [3.8, 4) is 5.82 Å². The molecule has 8 rings (SSSR count). The van der Waals surface area contributed by atoms with Crippen LogP contribution < -0.4 is 5.32 Å². The van der Waals surface area contributed by atoms with Gasteiger partial charge in [-0.05, 0) is 88.5 Å². The number of benzene rings is 3. The number of para-hydroxylation sites is 1. The van der Waals surface area contributed by atoms with Gasteiger partial charge in [-0.2, -0.15) is 0 Å². The SMILES string of the molecule is Cc1ccc(C2=CC(c3cccnc3)NC(c3ccc(-n4c5ccccc5c5ncccc54)nc3)=C2)c2ccccc12. The molecule has 1 unspecified atom stereocenters. The molecule has 1 N–H and O–H groups in total. The van der Waals surface area contributed by atoms with Crippen molar-refractivity contribution in [2.45, 2.75) is 13.0 Å². The molecule has 3 aromatic carbocycles. The fraction of sp³-hybridized carbons (Fsp3) is 0.0541. The highest BCUT2D eigenvalue weighted by atomic mass is 15.1. The summed E-state index contributed by atoms with van der Waals surface area (Å²) in [5.74, 6) is 0.860. The summed E-state index contributed by atoms with van der Waals surface area (Å²) in [6.45, 7) is 2.17. The number of hydrogen-bond donors (Lipinski definition) is 1. The molecular formula is C37H27N5. The Labute approximate surface area is 243 Å². The van der Waals surface area contributed by atoms with Gasteiger partial charge in [0, 0.05) is 41.4 Å². The lowest BCUT2D eigenvalue weighted by atomic mass is 9.90. The molecule has 0 fully saturated rings. The number of dihydropyridines is 1. The van der Waals surface area contributed by atoms with Crippen LogP contribution >= 0.6 is 0 Å². The molecule has 1 atom stereocenters. The smallest absolute Gasteiger partial charge is 0.137 e. The summed E-state index contributed by atoms with van der Waals surface area (Å²) in [4.78, 5) is 14.0. The van der Waals surface area contributed by atoms with Crippen LogP contribution in [0.4, 0.5) is 0 Å². The Balaban J connectivity index is 1.25. The first-order valence-electron chi connectivity index (χ1n) is 14.1. The molecule has 0 aliphatic carbocycles. The molecule has 5 heterocycles. The molecular weight excluding hydrogens is 514 g/mol. The van der Waals surface area contributed by atoms with Gasteiger partial charge in [-0.15, -0.1) is 0 Å². The minimum absolute atomic E-state index is 0.0307. The maximum absolute atomic E-state index is 4.98. The lowest BCUT2D eigenvalue weighted by Crippen LogP contribution is -2.22. The average Bonchev–Trinajstić information content (AvgIpc) is 3.40. The first-order valence-corrected chi connectivity index (χ1v) is 14.1. The summed E-state index contributed by atoms with van der Waals surface area (Å²) < 4.78 is 2.19. The number of pyridine rings is 3. The summed E-state index contributed by atoms with van der Waals surface area (Å²) in [7, 11) is 0. The van der Waals surface area contributed by atoms with E-state index in [0.717, 1.165) is 44.6 Å². The second-order valence-electron chi connectivity index (χ2n) is 10.7. The molecule has 1 aliphatic heterocycles. The van der Waals surface area contributed by atoms with Crippen molar-refractivity contribution in [3.63, 3.8) is 0 Å². The zero-order valence-corrected chi connectivity index (χ0v) is 23.1. The molecule has 1 aliphatic rings. The lowest BCUT2D eigenvalue weighted by Gasteiger charge is -2.26. The van der Waals surface area contributed by atoms with E-state index >= 15 is 0 Å². The van der Waals surface area contributed by atoms with Crippen molar-refractivity contribution in [2.24, 2.45) is 0 Å². The molecule has 0 bridgehead atoms. The van der Waals surface area contributed by atoms with Gasteiger partial charge in [-0.25, -0.2) is 4.98 Å². The molecule has 7 aromatic rings. The zero-order chi connectivity index (χ0) is 28.0. The molecule has 0 saturated carbocycles. The molecule has 42 heavy (non-hydrogen) atoms. The summed E-state index contributed by atoms with van der Waals surface area (Å²) in [5, 5.41) is 7.39. The van der Waals surface area contributed by atoms with Crippen molar-refractivity contribution in [2.75, 3.05) is 0 Å². The minimum Gasteiger partial charge on any atom is -0.374 e. The van der Waals surface area contributed by atoms with Crippen LogP contribution in [-0.4, -0.2) is 19.5 Å². The van der Waals surface area contributed by atoms with E-state index < -0.39 is 0 Å². The molecule has 4 aromatic heterocycles. The minimum atomic E-state index is -0.0307. The highest BCUT2D eigenvalue weighted by Gasteiger charge is 2.20. The maximum atomic E-state index is 4.98. The molecule has 0 amide bonds. The van der Waals surface area contributed by atoms with E-state index in [1.165, 1.54) is 27.5 Å². The predicted octanol–water partition coefficient (Wildman–Crippen LogP) is 8.20. The number of allylic oxidation sites excluding steroid dienone is 2. The van der Waals surface area contributed by atoms with Gasteiger partial charge in [0.2, 0.25) is 0 Å². The largest absolute Gasteiger partial charge is 0.374 e. The maximum Gasteiger partial charge on any atom is 0.137 e. The van der Waals surface area contributed by atoms with E-state index in [2.05, 4.69) is 124 Å². The summed E-state index contributed by atoms with van der Waals surface area (Å²) in [6.07, 6.45) is 12.1. The molecule has 200 valence electrons. The number of nitrogens with zero attached hydrogens (tertiary/aromatic N) is 4. The van der Waals surface area contributed by atoms with Crippen LogP contribution in [0.2, 0.25) is 0 Å². The second-order valence-corrected chi connectivity index (χ2v) is 10.7. The van der Waals surface area contributed by atoms with Gasteiger partial charge < -0.3 is 5.32 Å². The Kier molecular flexibility index (Phi) is 5.67. The van der Waals surface area contributed by atoms with Gasteiger partial charge in [0.25, 0.3) is 0 Å². The van der Waals surface area contributed by atoms with Crippen LogP contribution in [0.1, 0.15) is 28.3 Å². The van der Waals surface area contributed by atoms with Crippen LogP contribution in [-0.2, 0) is 0 Å². The van der Waals surface area contributed by atoms with Crippen molar-refractivity contribution in [3.05, 3.63) is 156 Å².